The lowest BCUT2D eigenvalue weighted by Crippen LogP contribution is -2.50. The average molecular weight is 304 g/mol. The van der Waals surface area contributed by atoms with E-state index in [9.17, 15) is 9.59 Å². The molecular formula is C17H24N2O3. The fraction of sp³-hybridized carbons (Fsp3) is 0.529. The fourth-order valence-corrected chi connectivity index (χ4v) is 2.67. The van der Waals surface area contributed by atoms with E-state index in [0.29, 0.717) is 45.4 Å². The number of benzene rings is 1. The van der Waals surface area contributed by atoms with Gasteiger partial charge in [-0.15, -0.1) is 0 Å². The maximum Gasteiger partial charge on any atom is 0.223 e. The predicted molar refractivity (Wildman–Crippen MR) is 84.8 cm³/mol. The van der Waals surface area contributed by atoms with Crippen LogP contribution in [-0.4, -0.2) is 54.9 Å². The van der Waals surface area contributed by atoms with Gasteiger partial charge in [-0.05, 0) is 24.1 Å². The van der Waals surface area contributed by atoms with E-state index in [1.54, 1.807) is 7.11 Å². The van der Waals surface area contributed by atoms with E-state index < -0.39 is 0 Å². The van der Waals surface area contributed by atoms with Crippen LogP contribution in [0.4, 0.5) is 0 Å². The third-order valence-electron chi connectivity index (χ3n) is 4.05. The van der Waals surface area contributed by atoms with E-state index in [0.717, 1.165) is 11.3 Å². The van der Waals surface area contributed by atoms with E-state index in [2.05, 4.69) is 0 Å². The molecule has 1 aliphatic heterocycles. The fourth-order valence-electron chi connectivity index (χ4n) is 2.67. The van der Waals surface area contributed by atoms with Crippen molar-refractivity contribution in [1.29, 1.82) is 0 Å². The molecule has 1 heterocycles. The zero-order chi connectivity index (χ0) is 15.9. The number of hydrogen-bond donors (Lipinski definition) is 0. The highest BCUT2D eigenvalue weighted by Crippen LogP contribution is 2.15. The lowest BCUT2D eigenvalue weighted by Gasteiger charge is -2.34. The summed E-state index contributed by atoms with van der Waals surface area (Å²) in [5.74, 6) is 1.14. The molecule has 1 aliphatic rings. The Morgan fingerprint density at radius 3 is 2.32 bits per heavy atom. The Morgan fingerprint density at radius 1 is 1.09 bits per heavy atom. The van der Waals surface area contributed by atoms with Gasteiger partial charge in [0.05, 0.1) is 7.11 Å². The Morgan fingerprint density at radius 2 is 1.73 bits per heavy atom. The number of piperazine rings is 1. The van der Waals surface area contributed by atoms with E-state index in [4.69, 9.17) is 4.74 Å². The van der Waals surface area contributed by atoms with Crippen molar-refractivity contribution in [2.75, 3.05) is 33.3 Å². The van der Waals surface area contributed by atoms with Crippen LogP contribution in [0.3, 0.4) is 0 Å². The van der Waals surface area contributed by atoms with Crippen molar-refractivity contribution in [3.63, 3.8) is 0 Å². The third kappa shape index (κ3) is 4.23. The molecule has 120 valence electrons. The monoisotopic (exact) mass is 304 g/mol. The number of rotatable bonds is 5. The molecule has 0 saturated carbocycles. The third-order valence-corrected chi connectivity index (χ3v) is 4.05. The van der Waals surface area contributed by atoms with Crippen molar-refractivity contribution in [2.45, 2.75) is 26.2 Å². The molecule has 2 amide bonds. The number of nitrogens with zero attached hydrogens (tertiary/aromatic N) is 2. The first kappa shape index (κ1) is 16.3. The summed E-state index contributed by atoms with van der Waals surface area (Å²) in [6.45, 7) is 4.45. The van der Waals surface area contributed by atoms with Gasteiger partial charge in [0.1, 0.15) is 5.75 Å². The molecule has 1 aromatic carbocycles. The van der Waals surface area contributed by atoms with Gasteiger partial charge < -0.3 is 14.5 Å². The van der Waals surface area contributed by atoms with Gasteiger partial charge in [0, 0.05) is 39.0 Å². The van der Waals surface area contributed by atoms with Gasteiger partial charge in [0.2, 0.25) is 11.8 Å². The van der Waals surface area contributed by atoms with Crippen LogP contribution in [0.5, 0.6) is 5.75 Å². The molecule has 5 heteroatoms. The smallest absolute Gasteiger partial charge is 0.223 e. The Kier molecular flexibility index (Phi) is 5.81. The molecule has 0 atom stereocenters. The molecule has 0 radical (unpaired) electrons. The first-order valence-corrected chi connectivity index (χ1v) is 7.82. The minimum Gasteiger partial charge on any atom is -0.497 e. The predicted octanol–water partition coefficient (Wildman–Crippen LogP) is 1.71. The van der Waals surface area contributed by atoms with Crippen LogP contribution in [-0.2, 0) is 16.0 Å². The molecule has 0 aliphatic carbocycles. The SMILES string of the molecule is CCC(=O)N1CCN(C(=O)CCc2cccc(OC)c2)CC1. The van der Waals surface area contributed by atoms with Crippen LogP contribution < -0.4 is 4.74 Å². The lowest BCUT2D eigenvalue weighted by atomic mass is 10.1. The maximum atomic E-state index is 12.3. The molecule has 0 unspecified atom stereocenters. The summed E-state index contributed by atoms with van der Waals surface area (Å²) in [6.07, 6.45) is 1.74. The molecule has 0 aromatic heterocycles. The molecule has 0 bridgehead atoms. The van der Waals surface area contributed by atoms with Crippen LogP contribution >= 0.6 is 0 Å². The molecule has 22 heavy (non-hydrogen) atoms. The van der Waals surface area contributed by atoms with Crippen molar-refractivity contribution in [2.24, 2.45) is 0 Å². The van der Waals surface area contributed by atoms with Crippen LogP contribution in [0.15, 0.2) is 24.3 Å². The lowest BCUT2D eigenvalue weighted by molar-refractivity contribution is -0.139. The quantitative estimate of drug-likeness (QED) is 0.832. The van der Waals surface area contributed by atoms with Crippen LogP contribution in [0, 0.1) is 0 Å². The number of ether oxygens (including phenoxy) is 1. The Hall–Kier alpha value is -2.04. The summed E-state index contributed by atoms with van der Waals surface area (Å²) >= 11 is 0. The zero-order valence-corrected chi connectivity index (χ0v) is 13.4. The molecule has 1 aromatic rings. The van der Waals surface area contributed by atoms with Crippen molar-refractivity contribution >= 4 is 11.8 Å². The summed E-state index contributed by atoms with van der Waals surface area (Å²) in [6, 6.07) is 7.81. The van der Waals surface area contributed by atoms with E-state index >= 15 is 0 Å². The average Bonchev–Trinajstić information content (AvgIpc) is 2.59. The second kappa shape index (κ2) is 7.82. The second-order valence-electron chi connectivity index (χ2n) is 5.47. The normalized spacial score (nSPS) is 14.8. The minimum atomic E-state index is 0.159. The largest absolute Gasteiger partial charge is 0.497 e. The second-order valence-corrected chi connectivity index (χ2v) is 5.47. The van der Waals surface area contributed by atoms with Crippen molar-refractivity contribution < 1.29 is 14.3 Å². The Labute approximate surface area is 131 Å². The highest BCUT2D eigenvalue weighted by atomic mass is 16.5. The van der Waals surface area contributed by atoms with Crippen molar-refractivity contribution in [1.82, 2.24) is 9.80 Å². The highest BCUT2D eigenvalue weighted by Gasteiger charge is 2.22. The summed E-state index contributed by atoms with van der Waals surface area (Å²) in [4.78, 5) is 27.6. The molecule has 1 fully saturated rings. The Balaban J connectivity index is 1.79. The van der Waals surface area contributed by atoms with Gasteiger partial charge in [-0.3, -0.25) is 9.59 Å². The summed E-state index contributed by atoms with van der Waals surface area (Å²) in [5.41, 5.74) is 1.10. The standard InChI is InChI=1S/C17H24N2O3/c1-3-16(20)18-9-11-19(12-10-18)17(21)8-7-14-5-4-6-15(13-14)22-2/h4-6,13H,3,7-12H2,1-2H3. The highest BCUT2D eigenvalue weighted by molar-refractivity contribution is 5.78. The first-order valence-electron chi connectivity index (χ1n) is 7.82. The number of aryl methyl sites for hydroxylation is 1. The van der Waals surface area contributed by atoms with Crippen LogP contribution in [0.25, 0.3) is 0 Å². The van der Waals surface area contributed by atoms with Gasteiger partial charge in [-0.1, -0.05) is 19.1 Å². The molecule has 2 rings (SSSR count). The summed E-state index contributed by atoms with van der Waals surface area (Å²) in [5, 5.41) is 0. The zero-order valence-electron chi connectivity index (χ0n) is 13.4. The number of hydrogen-bond acceptors (Lipinski definition) is 3. The molecule has 0 N–H and O–H groups in total. The molecule has 0 spiro atoms. The van der Waals surface area contributed by atoms with E-state index in [-0.39, 0.29) is 11.8 Å². The number of methoxy groups -OCH3 is 1. The van der Waals surface area contributed by atoms with Crippen LogP contribution in [0.1, 0.15) is 25.3 Å². The summed E-state index contributed by atoms with van der Waals surface area (Å²) < 4.78 is 5.19. The molecule has 5 nitrogen and oxygen atoms in total. The first-order chi connectivity index (χ1) is 10.6. The van der Waals surface area contributed by atoms with Gasteiger partial charge in [-0.2, -0.15) is 0 Å². The van der Waals surface area contributed by atoms with Gasteiger partial charge in [0.25, 0.3) is 0 Å². The number of carbonyl (C=O) groups excluding carboxylic acids is 2. The van der Waals surface area contributed by atoms with E-state index in [1.807, 2.05) is 41.0 Å². The minimum absolute atomic E-state index is 0.159. The topological polar surface area (TPSA) is 49.9 Å². The Bertz CT molecular complexity index is 522. The molecule has 1 saturated heterocycles. The van der Waals surface area contributed by atoms with E-state index in [1.165, 1.54) is 0 Å². The van der Waals surface area contributed by atoms with Gasteiger partial charge >= 0.3 is 0 Å². The van der Waals surface area contributed by atoms with Crippen LogP contribution in [0.2, 0.25) is 0 Å². The molecular weight excluding hydrogens is 280 g/mol. The van der Waals surface area contributed by atoms with Gasteiger partial charge in [0.15, 0.2) is 0 Å². The van der Waals surface area contributed by atoms with Crippen molar-refractivity contribution in [3.8, 4) is 5.75 Å². The number of amides is 2. The number of carbonyl (C=O) groups is 2. The summed E-state index contributed by atoms with van der Waals surface area (Å²) in [7, 11) is 1.64. The van der Waals surface area contributed by atoms with Crippen molar-refractivity contribution in [3.05, 3.63) is 29.8 Å². The maximum absolute atomic E-state index is 12.3. The van der Waals surface area contributed by atoms with Gasteiger partial charge in [-0.25, -0.2) is 0 Å².